The Morgan fingerprint density at radius 1 is 1.29 bits per heavy atom. The van der Waals surface area contributed by atoms with Crippen molar-refractivity contribution in [2.24, 2.45) is 0 Å². The predicted octanol–water partition coefficient (Wildman–Crippen LogP) is 3.70. The van der Waals surface area contributed by atoms with Crippen LogP contribution in [0.3, 0.4) is 0 Å². The summed E-state index contributed by atoms with van der Waals surface area (Å²) < 4.78 is 24.0. The highest BCUT2D eigenvalue weighted by atomic mass is 79.9. The van der Waals surface area contributed by atoms with Gasteiger partial charge in [-0.25, -0.2) is 4.39 Å². The standard InChI is InChI=1S/C13H18BrFO2/c1-2-6-16-7-8-17-13(10-14)11-4-3-5-12(15)9-11/h3-5,9,13H,2,6-8,10H2,1H3. The average Bonchev–Trinajstić information content (AvgIpc) is 2.34. The van der Waals surface area contributed by atoms with Crippen LogP contribution in [0.1, 0.15) is 25.0 Å². The van der Waals surface area contributed by atoms with Crippen LogP contribution in [0.2, 0.25) is 0 Å². The van der Waals surface area contributed by atoms with Crippen molar-refractivity contribution in [2.75, 3.05) is 25.2 Å². The molecule has 0 aromatic heterocycles. The molecule has 0 saturated carbocycles. The molecule has 0 spiro atoms. The van der Waals surface area contributed by atoms with Crippen LogP contribution in [-0.2, 0) is 9.47 Å². The number of rotatable bonds is 8. The van der Waals surface area contributed by atoms with E-state index >= 15 is 0 Å². The summed E-state index contributed by atoms with van der Waals surface area (Å²) in [5.41, 5.74) is 0.845. The summed E-state index contributed by atoms with van der Waals surface area (Å²) in [6.45, 7) is 3.91. The molecular formula is C13H18BrFO2. The average molecular weight is 305 g/mol. The van der Waals surface area contributed by atoms with E-state index < -0.39 is 0 Å². The molecule has 0 aliphatic heterocycles. The minimum atomic E-state index is -0.237. The summed E-state index contributed by atoms with van der Waals surface area (Å²) in [5.74, 6) is -0.237. The van der Waals surface area contributed by atoms with Gasteiger partial charge in [-0.3, -0.25) is 0 Å². The highest BCUT2D eigenvalue weighted by Crippen LogP contribution is 2.20. The quantitative estimate of drug-likeness (QED) is 0.538. The number of halogens is 2. The molecule has 1 rings (SSSR count). The highest BCUT2D eigenvalue weighted by Gasteiger charge is 2.10. The normalized spacial score (nSPS) is 12.6. The number of benzene rings is 1. The fraction of sp³-hybridized carbons (Fsp3) is 0.538. The van der Waals surface area contributed by atoms with E-state index in [9.17, 15) is 4.39 Å². The molecule has 0 fully saturated rings. The fourth-order valence-corrected chi connectivity index (χ4v) is 1.99. The number of alkyl halides is 1. The molecule has 0 aliphatic carbocycles. The van der Waals surface area contributed by atoms with E-state index in [4.69, 9.17) is 9.47 Å². The first kappa shape index (κ1) is 14.6. The van der Waals surface area contributed by atoms with Gasteiger partial charge in [0.25, 0.3) is 0 Å². The zero-order valence-electron chi connectivity index (χ0n) is 9.99. The topological polar surface area (TPSA) is 18.5 Å². The smallest absolute Gasteiger partial charge is 0.123 e. The summed E-state index contributed by atoms with van der Waals surface area (Å²) in [5, 5.41) is 0.643. The van der Waals surface area contributed by atoms with Crippen LogP contribution in [0.5, 0.6) is 0 Å². The maximum atomic E-state index is 13.1. The van der Waals surface area contributed by atoms with Crippen LogP contribution in [0.25, 0.3) is 0 Å². The molecule has 1 unspecified atom stereocenters. The Morgan fingerprint density at radius 2 is 2.12 bits per heavy atom. The molecule has 0 heterocycles. The third kappa shape index (κ3) is 5.61. The summed E-state index contributed by atoms with van der Waals surface area (Å²) in [4.78, 5) is 0. The van der Waals surface area contributed by atoms with Gasteiger partial charge in [0.2, 0.25) is 0 Å². The minimum Gasteiger partial charge on any atom is -0.379 e. The van der Waals surface area contributed by atoms with Crippen molar-refractivity contribution in [3.05, 3.63) is 35.6 Å². The molecular weight excluding hydrogens is 287 g/mol. The monoisotopic (exact) mass is 304 g/mol. The Labute approximate surface area is 110 Å². The lowest BCUT2D eigenvalue weighted by Crippen LogP contribution is -2.11. The van der Waals surface area contributed by atoms with Crippen LogP contribution >= 0.6 is 15.9 Å². The van der Waals surface area contributed by atoms with Gasteiger partial charge in [-0.15, -0.1) is 0 Å². The van der Waals surface area contributed by atoms with Crippen molar-refractivity contribution in [1.82, 2.24) is 0 Å². The van der Waals surface area contributed by atoms with Gasteiger partial charge in [0.1, 0.15) is 5.82 Å². The number of hydrogen-bond acceptors (Lipinski definition) is 2. The number of hydrogen-bond donors (Lipinski definition) is 0. The second-order valence-corrected chi connectivity index (χ2v) is 4.33. The van der Waals surface area contributed by atoms with Gasteiger partial charge < -0.3 is 9.47 Å². The SMILES string of the molecule is CCCOCCOC(CBr)c1cccc(F)c1. The first-order valence-electron chi connectivity index (χ1n) is 5.78. The van der Waals surface area contributed by atoms with E-state index in [2.05, 4.69) is 22.9 Å². The molecule has 2 nitrogen and oxygen atoms in total. The molecule has 1 aromatic carbocycles. The van der Waals surface area contributed by atoms with E-state index in [-0.39, 0.29) is 11.9 Å². The molecule has 1 aromatic rings. The van der Waals surface area contributed by atoms with Crippen LogP contribution in [0.4, 0.5) is 4.39 Å². The van der Waals surface area contributed by atoms with Crippen molar-refractivity contribution >= 4 is 15.9 Å². The van der Waals surface area contributed by atoms with E-state index in [1.807, 2.05) is 6.07 Å². The zero-order chi connectivity index (χ0) is 12.5. The summed E-state index contributed by atoms with van der Waals surface area (Å²) in [7, 11) is 0. The van der Waals surface area contributed by atoms with Gasteiger partial charge in [-0.1, -0.05) is 35.0 Å². The molecule has 17 heavy (non-hydrogen) atoms. The summed E-state index contributed by atoms with van der Waals surface area (Å²) >= 11 is 3.37. The lowest BCUT2D eigenvalue weighted by Gasteiger charge is -2.15. The number of ether oxygens (including phenoxy) is 2. The van der Waals surface area contributed by atoms with E-state index in [0.29, 0.717) is 18.5 Å². The Kier molecular flexibility index (Phi) is 7.40. The maximum Gasteiger partial charge on any atom is 0.123 e. The van der Waals surface area contributed by atoms with Gasteiger partial charge >= 0.3 is 0 Å². The largest absolute Gasteiger partial charge is 0.379 e. The Balaban J connectivity index is 2.38. The van der Waals surface area contributed by atoms with Gasteiger partial charge in [-0.2, -0.15) is 0 Å². The first-order chi connectivity index (χ1) is 8.27. The lowest BCUT2D eigenvalue weighted by molar-refractivity contribution is 0.0140. The minimum absolute atomic E-state index is 0.129. The van der Waals surface area contributed by atoms with Crippen LogP contribution in [0.15, 0.2) is 24.3 Å². The Hall–Kier alpha value is -0.450. The van der Waals surface area contributed by atoms with E-state index in [0.717, 1.165) is 18.6 Å². The highest BCUT2D eigenvalue weighted by molar-refractivity contribution is 9.09. The second kappa shape index (κ2) is 8.61. The zero-order valence-corrected chi connectivity index (χ0v) is 11.6. The first-order valence-corrected chi connectivity index (χ1v) is 6.90. The second-order valence-electron chi connectivity index (χ2n) is 3.68. The Bertz CT molecular complexity index is 320. The predicted molar refractivity (Wildman–Crippen MR) is 70.0 cm³/mol. The third-order valence-corrected chi connectivity index (χ3v) is 2.84. The molecule has 0 saturated heterocycles. The molecule has 4 heteroatoms. The van der Waals surface area contributed by atoms with Crippen molar-refractivity contribution in [1.29, 1.82) is 0 Å². The van der Waals surface area contributed by atoms with E-state index in [1.54, 1.807) is 6.07 Å². The molecule has 96 valence electrons. The molecule has 0 aliphatic rings. The van der Waals surface area contributed by atoms with Crippen LogP contribution in [0, 0.1) is 5.82 Å². The summed E-state index contributed by atoms with van der Waals surface area (Å²) in [6, 6.07) is 6.48. The van der Waals surface area contributed by atoms with E-state index in [1.165, 1.54) is 12.1 Å². The third-order valence-electron chi connectivity index (χ3n) is 2.26. The molecule has 0 amide bonds. The molecule has 1 atom stereocenters. The maximum absolute atomic E-state index is 13.1. The lowest BCUT2D eigenvalue weighted by atomic mass is 10.1. The Morgan fingerprint density at radius 3 is 2.76 bits per heavy atom. The van der Waals surface area contributed by atoms with Crippen molar-refractivity contribution in [3.8, 4) is 0 Å². The molecule has 0 radical (unpaired) electrons. The van der Waals surface area contributed by atoms with Crippen molar-refractivity contribution in [2.45, 2.75) is 19.4 Å². The fourth-order valence-electron chi connectivity index (χ4n) is 1.43. The van der Waals surface area contributed by atoms with Crippen LogP contribution < -0.4 is 0 Å². The molecule has 0 bridgehead atoms. The van der Waals surface area contributed by atoms with Gasteiger partial charge in [0.05, 0.1) is 19.3 Å². The van der Waals surface area contributed by atoms with Gasteiger partial charge in [0.15, 0.2) is 0 Å². The van der Waals surface area contributed by atoms with Gasteiger partial charge in [0, 0.05) is 11.9 Å². The van der Waals surface area contributed by atoms with Crippen LogP contribution in [-0.4, -0.2) is 25.2 Å². The van der Waals surface area contributed by atoms with Crippen molar-refractivity contribution < 1.29 is 13.9 Å². The van der Waals surface area contributed by atoms with Gasteiger partial charge in [-0.05, 0) is 24.1 Å². The molecule has 0 N–H and O–H groups in total. The van der Waals surface area contributed by atoms with Crippen molar-refractivity contribution in [3.63, 3.8) is 0 Å². The summed E-state index contributed by atoms with van der Waals surface area (Å²) in [6.07, 6.45) is 0.877.